The van der Waals surface area contributed by atoms with Crippen LogP contribution in [0.4, 0.5) is 0 Å². The van der Waals surface area contributed by atoms with E-state index in [-0.39, 0.29) is 11.8 Å². The molecule has 0 aromatic heterocycles. The maximum atomic E-state index is 12.3. The lowest BCUT2D eigenvalue weighted by Gasteiger charge is -2.14. The number of carbonyl (C=O) groups excluding carboxylic acids is 2. The molecule has 1 aliphatic heterocycles. The molecule has 3 aromatic carbocycles. The zero-order chi connectivity index (χ0) is 34.2. The highest BCUT2D eigenvalue weighted by atomic mass is 16.5. The number of fused-ring (bicyclic) bond motifs is 1. The Balaban J connectivity index is 0.000000286. The number of carbonyl (C=O) groups is 2. The number of hydrogen-bond donors (Lipinski definition) is 1. The predicted octanol–water partition coefficient (Wildman–Crippen LogP) is 8.86. The Morgan fingerprint density at radius 2 is 0.896 bits per heavy atom. The van der Waals surface area contributed by atoms with Gasteiger partial charge in [-0.05, 0) is 81.5 Å². The van der Waals surface area contributed by atoms with Crippen molar-refractivity contribution in [2.45, 2.75) is 90.9 Å². The Bertz CT molecular complexity index is 1310. The summed E-state index contributed by atoms with van der Waals surface area (Å²) in [6, 6.07) is 22.5. The largest absolute Gasteiger partial charge is 0.493 e. The van der Waals surface area contributed by atoms with Gasteiger partial charge in [-0.3, -0.25) is 14.5 Å². The molecule has 0 atom stereocenters. The molecule has 1 aliphatic rings. The van der Waals surface area contributed by atoms with E-state index in [9.17, 15) is 9.59 Å². The predicted molar refractivity (Wildman–Crippen MR) is 192 cm³/mol. The molecule has 2 N–H and O–H groups in total. The summed E-state index contributed by atoms with van der Waals surface area (Å²) in [5.41, 5.74) is 6.45. The minimum Gasteiger partial charge on any atom is -0.493 e. The lowest BCUT2D eigenvalue weighted by molar-refractivity contribution is 0.0649. The topological polar surface area (TPSA) is 100 Å². The van der Waals surface area contributed by atoms with Crippen LogP contribution >= 0.6 is 0 Å². The van der Waals surface area contributed by atoms with Crippen LogP contribution in [0.1, 0.15) is 112 Å². The van der Waals surface area contributed by atoms with Gasteiger partial charge >= 0.3 is 0 Å². The number of ether oxygens (including phenoxy) is 4. The zero-order valence-electron chi connectivity index (χ0n) is 29.1. The average molecular weight is 661 g/mol. The Kier molecular flexibility index (Phi) is 18.7. The quantitative estimate of drug-likeness (QED) is 0.0801. The highest BCUT2D eigenvalue weighted by Crippen LogP contribution is 2.24. The van der Waals surface area contributed by atoms with Crippen LogP contribution in [-0.2, 0) is 0 Å². The first-order valence-electron chi connectivity index (χ1n) is 17.9. The molecular formula is C40H56N2O6. The molecule has 0 fully saturated rings. The Morgan fingerprint density at radius 1 is 0.500 bits per heavy atom. The minimum absolute atomic E-state index is 0.199. The van der Waals surface area contributed by atoms with Crippen LogP contribution in [-0.4, -0.2) is 56.2 Å². The molecule has 48 heavy (non-hydrogen) atoms. The number of benzene rings is 3. The third-order valence-corrected chi connectivity index (χ3v) is 7.93. The van der Waals surface area contributed by atoms with E-state index in [1.807, 2.05) is 48.5 Å². The van der Waals surface area contributed by atoms with E-state index >= 15 is 0 Å². The van der Waals surface area contributed by atoms with Crippen molar-refractivity contribution >= 4 is 11.8 Å². The molecule has 0 radical (unpaired) electrons. The van der Waals surface area contributed by atoms with Gasteiger partial charge in [-0.25, -0.2) is 0 Å². The van der Waals surface area contributed by atoms with Crippen LogP contribution in [0.2, 0.25) is 0 Å². The highest BCUT2D eigenvalue weighted by Gasteiger charge is 2.34. The highest BCUT2D eigenvalue weighted by molar-refractivity contribution is 6.21. The van der Waals surface area contributed by atoms with Crippen molar-refractivity contribution in [3.63, 3.8) is 0 Å². The van der Waals surface area contributed by atoms with Gasteiger partial charge in [-0.15, -0.1) is 0 Å². The lowest BCUT2D eigenvalue weighted by atomic mass is 10.1. The molecule has 8 nitrogen and oxygen atoms in total. The van der Waals surface area contributed by atoms with Crippen LogP contribution in [0.5, 0.6) is 23.0 Å². The molecule has 262 valence electrons. The third-order valence-electron chi connectivity index (χ3n) is 7.93. The van der Waals surface area contributed by atoms with E-state index in [0.29, 0.717) is 30.7 Å². The summed E-state index contributed by atoms with van der Waals surface area (Å²) < 4.78 is 23.0. The molecule has 1 heterocycles. The second-order valence-electron chi connectivity index (χ2n) is 12.0. The molecule has 0 bridgehead atoms. The molecule has 0 spiro atoms. The number of rotatable bonds is 23. The van der Waals surface area contributed by atoms with Crippen molar-refractivity contribution in [3.05, 3.63) is 83.9 Å². The molecule has 3 aromatic rings. The maximum Gasteiger partial charge on any atom is 0.261 e. The van der Waals surface area contributed by atoms with Gasteiger partial charge in [0, 0.05) is 18.7 Å². The van der Waals surface area contributed by atoms with Gasteiger partial charge in [0.2, 0.25) is 0 Å². The summed E-state index contributed by atoms with van der Waals surface area (Å²) in [6.07, 6.45) is 13.1. The van der Waals surface area contributed by atoms with Crippen LogP contribution < -0.4 is 24.7 Å². The monoisotopic (exact) mass is 660 g/mol. The van der Waals surface area contributed by atoms with Gasteiger partial charge in [0.1, 0.15) is 23.0 Å². The van der Waals surface area contributed by atoms with E-state index in [4.69, 9.17) is 24.7 Å². The first kappa shape index (κ1) is 38.4. The summed E-state index contributed by atoms with van der Waals surface area (Å²) in [5.74, 6) is 2.98. The van der Waals surface area contributed by atoms with Crippen LogP contribution in [0.3, 0.4) is 0 Å². The minimum atomic E-state index is -0.199. The molecule has 0 unspecified atom stereocenters. The number of imide groups is 1. The Labute approximate surface area is 287 Å². The standard InChI is InChI=1S/C24H29NO4.C16H27NO2/c1-2-3-4-8-16-28-19-11-10-12-20(18-19)29-17-9-7-15-25-23(26)21-13-5-6-14-22(21)24(25)27;1-2-3-4-6-12-18-15-9-8-10-16(14-15)19-13-7-5-11-17/h5-6,10-14,18H,2-4,7-9,15-17H2,1H3;8-10,14H,2-7,11-13,17H2,1H3. The summed E-state index contributed by atoms with van der Waals surface area (Å²) >= 11 is 0. The molecule has 8 heteroatoms. The van der Waals surface area contributed by atoms with Crippen molar-refractivity contribution in [2.24, 2.45) is 5.73 Å². The van der Waals surface area contributed by atoms with Gasteiger partial charge < -0.3 is 24.7 Å². The molecule has 0 saturated carbocycles. The molecular weight excluding hydrogens is 604 g/mol. The Morgan fingerprint density at radius 3 is 1.29 bits per heavy atom. The second-order valence-corrected chi connectivity index (χ2v) is 12.0. The number of nitrogens with two attached hydrogens (primary N) is 1. The van der Waals surface area contributed by atoms with Crippen LogP contribution in [0.25, 0.3) is 0 Å². The Hall–Kier alpha value is -4.04. The van der Waals surface area contributed by atoms with E-state index in [0.717, 1.165) is 81.5 Å². The molecule has 2 amide bonds. The van der Waals surface area contributed by atoms with Crippen molar-refractivity contribution < 1.29 is 28.5 Å². The fourth-order valence-electron chi connectivity index (χ4n) is 5.19. The van der Waals surface area contributed by atoms with E-state index in [1.165, 1.54) is 43.4 Å². The van der Waals surface area contributed by atoms with E-state index < -0.39 is 0 Å². The maximum absolute atomic E-state index is 12.3. The fourth-order valence-corrected chi connectivity index (χ4v) is 5.19. The molecule has 0 saturated heterocycles. The first-order valence-corrected chi connectivity index (χ1v) is 17.9. The number of hydrogen-bond acceptors (Lipinski definition) is 7. The van der Waals surface area contributed by atoms with Crippen molar-refractivity contribution in [2.75, 3.05) is 39.5 Å². The lowest BCUT2D eigenvalue weighted by Crippen LogP contribution is -2.30. The van der Waals surface area contributed by atoms with Gasteiger partial charge in [0.25, 0.3) is 11.8 Å². The summed E-state index contributed by atoms with van der Waals surface area (Å²) in [6.45, 7) is 8.31. The number of unbranched alkanes of at least 4 members (excludes halogenated alkanes) is 8. The van der Waals surface area contributed by atoms with Gasteiger partial charge in [0.15, 0.2) is 0 Å². The molecule has 0 aliphatic carbocycles. The van der Waals surface area contributed by atoms with E-state index in [1.54, 1.807) is 24.3 Å². The van der Waals surface area contributed by atoms with Crippen LogP contribution in [0, 0.1) is 0 Å². The summed E-state index contributed by atoms with van der Waals surface area (Å²) in [4.78, 5) is 26.0. The summed E-state index contributed by atoms with van der Waals surface area (Å²) in [7, 11) is 0. The number of amides is 2. The smallest absolute Gasteiger partial charge is 0.261 e. The van der Waals surface area contributed by atoms with Gasteiger partial charge in [-0.1, -0.05) is 76.6 Å². The average Bonchev–Trinajstić information content (AvgIpc) is 3.35. The van der Waals surface area contributed by atoms with Crippen molar-refractivity contribution in [3.8, 4) is 23.0 Å². The van der Waals surface area contributed by atoms with Gasteiger partial charge in [-0.2, -0.15) is 0 Å². The van der Waals surface area contributed by atoms with E-state index in [2.05, 4.69) is 13.8 Å². The molecule has 4 rings (SSSR count). The SMILES string of the molecule is CCCCCCOc1cccc(OCCCCN)c1.CCCCCCOc1cccc(OCCCCN2C(=O)c3ccccc3C2=O)c1. The van der Waals surface area contributed by atoms with Crippen molar-refractivity contribution in [1.82, 2.24) is 4.90 Å². The number of nitrogens with zero attached hydrogens (tertiary/aromatic N) is 1. The fraction of sp³-hybridized carbons (Fsp3) is 0.500. The first-order chi connectivity index (χ1) is 23.6. The third kappa shape index (κ3) is 14.0. The van der Waals surface area contributed by atoms with Gasteiger partial charge in [0.05, 0.1) is 37.6 Å². The normalized spacial score (nSPS) is 11.9. The summed E-state index contributed by atoms with van der Waals surface area (Å²) in [5, 5.41) is 0. The second kappa shape index (κ2) is 23.3. The van der Waals surface area contributed by atoms with Crippen LogP contribution in [0.15, 0.2) is 72.8 Å². The zero-order valence-corrected chi connectivity index (χ0v) is 29.1. The van der Waals surface area contributed by atoms with Crippen molar-refractivity contribution in [1.29, 1.82) is 0 Å².